The maximum Gasteiger partial charge on any atom is 0.251 e. The number of hydrogen-bond donors (Lipinski definition) is 1. The van der Waals surface area contributed by atoms with Gasteiger partial charge < -0.3 is 5.32 Å². The Hall–Kier alpha value is -0.350. The lowest BCUT2D eigenvalue weighted by atomic mass is 9.88. The smallest absolute Gasteiger partial charge is 0.251 e. The van der Waals surface area contributed by atoms with Crippen molar-refractivity contribution in [1.29, 1.82) is 0 Å². The first-order valence-corrected chi connectivity index (χ1v) is 8.38. The quantitative estimate of drug-likeness (QED) is 0.701. The highest BCUT2D eigenvalue weighted by Gasteiger charge is 2.19. The fourth-order valence-corrected chi connectivity index (χ4v) is 2.55. The molecule has 0 saturated carbocycles. The van der Waals surface area contributed by atoms with Gasteiger partial charge in [0.05, 0.1) is 0 Å². The summed E-state index contributed by atoms with van der Waals surface area (Å²) in [5.74, 6) is 0.00529. The zero-order chi connectivity index (χ0) is 14.5. The van der Waals surface area contributed by atoms with Gasteiger partial charge in [0, 0.05) is 21.9 Å². The summed E-state index contributed by atoms with van der Waals surface area (Å²) >= 11 is 6.90. The normalized spacial score (nSPS) is 11.4. The number of carbonyl (C=O) groups excluding carboxylic acids is 1. The summed E-state index contributed by atoms with van der Waals surface area (Å²) in [4.78, 5) is 12.2. The lowest BCUT2D eigenvalue weighted by molar-refractivity contribution is 0.0934. The molecule has 1 aromatic carbocycles. The molecule has 1 rings (SSSR count). The van der Waals surface area contributed by atoms with Crippen molar-refractivity contribution in [2.24, 2.45) is 5.41 Å². The van der Waals surface area contributed by atoms with E-state index in [0.717, 1.165) is 33.8 Å². The Morgan fingerprint density at radius 2 is 2.05 bits per heavy atom. The Morgan fingerprint density at radius 3 is 2.68 bits per heavy atom. The molecule has 0 heterocycles. The minimum absolute atomic E-state index is 0.00529. The number of carbonyl (C=O) groups is 1. The third kappa shape index (κ3) is 5.27. The molecule has 0 aliphatic carbocycles. The Labute approximate surface area is 132 Å². The Morgan fingerprint density at radius 1 is 1.37 bits per heavy atom. The van der Waals surface area contributed by atoms with E-state index < -0.39 is 0 Å². The number of amides is 1. The molecule has 0 aliphatic rings. The summed E-state index contributed by atoms with van der Waals surface area (Å²) in [5, 5.41) is 4.05. The van der Waals surface area contributed by atoms with Gasteiger partial charge in [0.1, 0.15) is 0 Å². The minimum atomic E-state index is 0.00529. The largest absolute Gasteiger partial charge is 0.351 e. The average molecular weight is 391 g/mol. The highest BCUT2D eigenvalue weighted by atomic mass is 79.9. The topological polar surface area (TPSA) is 29.1 Å². The molecule has 0 aliphatic heterocycles. The van der Waals surface area contributed by atoms with Crippen molar-refractivity contribution in [1.82, 2.24) is 5.32 Å². The first-order chi connectivity index (χ1) is 8.87. The monoisotopic (exact) mass is 389 g/mol. The molecule has 0 spiro atoms. The summed E-state index contributed by atoms with van der Waals surface area (Å²) in [5.41, 5.74) is 1.85. The van der Waals surface area contributed by atoms with Crippen molar-refractivity contribution < 1.29 is 4.79 Å². The third-order valence-electron chi connectivity index (χ3n) is 3.23. The van der Waals surface area contributed by atoms with Crippen molar-refractivity contribution in [3.05, 3.63) is 33.8 Å². The molecule has 106 valence electrons. The lowest BCUT2D eigenvalue weighted by Gasteiger charge is -2.24. The molecule has 19 heavy (non-hydrogen) atoms. The van der Waals surface area contributed by atoms with Gasteiger partial charge in [-0.05, 0) is 42.9 Å². The molecule has 1 aromatic rings. The van der Waals surface area contributed by atoms with Crippen LogP contribution in [0.1, 0.15) is 42.6 Å². The van der Waals surface area contributed by atoms with Gasteiger partial charge in [0.15, 0.2) is 0 Å². The van der Waals surface area contributed by atoms with Crippen LogP contribution in [0.4, 0.5) is 0 Å². The van der Waals surface area contributed by atoms with Gasteiger partial charge in [-0.2, -0.15) is 0 Å². The van der Waals surface area contributed by atoms with E-state index in [1.807, 2.05) is 25.1 Å². The van der Waals surface area contributed by atoms with Crippen LogP contribution in [-0.4, -0.2) is 17.8 Å². The maximum absolute atomic E-state index is 12.2. The molecule has 4 heteroatoms. The van der Waals surface area contributed by atoms with Crippen LogP contribution in [0.2, 0.25) is 0 Å². The van der Waals surface area contributed by atoms with E-state index in [-0.39, 0.29) is 11.3 Å². The van der Waals surface area contributed by atoms with Crippen LogP contribution in [0.15, 0.2) is 22.7 Å². The van der Waals surface area contributed by atoms with Gasteiger partial charge in [-0.3, -0.25) is 4.79 Å². The van der Waals surface area contributed by atoms with E-state index in [0.29, 0.717) is 6.54 Å². The molecule has 2 nitrogen and oxygen atoms in total. The fraction of sp³-hybridized carbons (Fsp3) is 0.533. The van der Waals surface area contributed by atoms with Crippen LogP contribution in [0.25, 0.3) is 0 Å². The molecule has 0 atom stereocenters. The molecule has 1 amide bonds. The molecule has 0 fully saturated rings. The van der Waals surface area contributed by atoms with E-state index in [1.165, 1.54) is 0 Å². The second kappa shape index (κ2) is 7.44. The van der Waals surface area contributed by atoms with Gasteiger partial charge in [-0.15, -0.1) is 0 Å². The second-order valence-electron chi connectivity index (χ2n) is 5.55. The van der Waals surface area contributed by atoms with Crippen molar-refractivity contribution in [2.75, 3.05) is 11.9 Å². The van der Waals surface area contributed by atoms with E-state index >= 15 is 0 Å². The Bertz CT molecular complexity index is 444. The molecule has 0 radical (unpaired) electrons. The maximum atomic E-state index is 12.2. The van der Waals surface area contributed by atoms with Gasteiger partial charge in [-0.25, -0.2) is 0 Å². The molecular weight excluding hydrogens is 370 g/mol. The van der Waals surface area contributed by atoms with E-state index in [4.69, 9.17) is 0 Å². The summed E-state index contributed by atoms with van der Waals surface area (Å²) in [6, 6.07) is 5.70. The van der Waals surface area contributed by atoms with Crippen LogP contribution >= 0.6 is 31.9 Å². The molecular formula is C15H21Br2NO. The molecule has 0 saturated heterocycles. The van der Waals surface area contributed by atoms with E-state index in [9.17, 15) is 4.79 Å². The van der Waals surface area contributed by atoms with Crippen molar-refractivity contribution >= 4 is 37.8 Å². The zero-order valence-electron chi connectivity index (χ0n) is 11.7. The number of benzene rings is 1. The van der Waals surface area contributed by atoms with Gasteiger partial charge in [-0.1, -0.05) is 51.8 Å². The zero-order valence-corrected chi connectivity index (χ0v) is 14.9. The van der Waals surface area contributed by atoms with Crippen molar-refractivity contribution in [3.63, 3.8) is 0 Å². The van der Waals surface area contributed by atoms with Crippen LogP contribution in [0.5, 0.6) is 0 Å². The van der Waals surface area contributed by atoms with Crippen LogP contribution in [0, 0.1) is 12.3 Å². The minimum Gasteiger partial charge on any atom is -0.351 e. The number of alkyl halides is 1. The highest BCUT2D eigenvalue weighted by Crippen LogP contribution is 2.23. The van der Waals surface area contributed by atoms with Gasteiger partial charge in [0.2, 0.25) is 0 Å². The molecule has 0 bridgehead atoms. The SMILES string of the molecule is Cc1c(Br)cccc1C(=O)NCC(C)(C)CCCBr. The van der Waals surface area contributed by atoms with Gasteiger partial charge >= 0.3 is 0 Å². The standard InChI is InChI=1S/C15H21Br2NO/c1-11-12(6-4-7-13(11)17)14(19)18-10-15(2,3)8-5-9-16/h4,6-7H,5,8-10H2,1-3H3,(H,18,19). The number of halogens is 2. The Balaban J connectivity index is 2.63. The number of nitrogens with one attached hydrogen (secondary N) is 1. The fourth-order valence-electron chi connectivity index (χ4n) is 1.90. The van der Waals surface area contributed by atoms with Crippen molar-refractivity contribution in [3.8, 4) is 0 Å². The van der Waals surface area contributed by atoms with Crippen LogP contribution in [0.3, 0.4) is 0 Å². The molecule has 1 N–H and O–H groups in total. The summed E-state index contributed by atoms with van der Waals surface area (Å²) < 4.78 is 0.971. The summed E-state index contributed by atoms with van der Waals surface area (Å²) in [7, 11) is 0. The molecule has 0 unspecified atom stereocenters. The van der Waals surface area contributed by atoms with Crippen molar-refractivity contribution in [2.45, 2.75) is 33.6 Å². The predicted molar refractivity (Wildman–Crippen MR) is 88.0 cm³/mol. The lowest BCUT2D eigenvalue weighted by Crippen LogP contribution is -2.34. The van der Waals surface area contributed by atoms with Crippen LogP contribution < -0.4 is 5.32 Å². The predicted octanol–water partition coefficient (Wildman–Crippen LogP) is 4.69. The first kappa shape index (κ1) is 16.7. The van der Waals surface area contributed by atoms with Crippen LogP contribution in [-0.2, 0) is 0 Å². The Kier molecular flexibility index (Phi) is 6.54. The number of rotatable bonds is 6. The number of hydrogen-bond acceptors (Lipinski definition) is 1. The average Bonchev–Trinajstić information content (AvgIpc) is 2.37. The first-order valence-electron chi connectivity index (χ1n) is 6.47. The van der Waals surface area contributed by atoms with E-state index in [2.05, 4.69) is 51.0 Å². The second-order valence-corrected chi connectivity index (χ2v) is 7.20. The van der Waals surface area contributed by atoms with E-state index in [1.54, 1.807) is 0 Å². The summed E-state index contributed by atoms with van der Waals surface area (Å²) in [6.07, 6.45) is 2.22. The third-order valence-corrected chi connectivity index (χ3v) is 4.65. The molecule has 0 aromatic heterocycles. The van der Waals surface area contributed by atoms with Gasteiger partial charge in [0.25, 0.3) is 5.91 Å². The highest BCUT2D eigenvalue weighted by molar-refractivity contribution is 9.10. The summed E-state index contributed by atoms with van der Waals surface area (Å²) in [6.45, 7) is 7.02.